The molecule has 8 heteroatoms. The molecule has 2 heterocycles. The van der Waals surface area contributed by atoms with Gasteiger partial charge in [0.25, 0.3) is 0 Å². The van der Waals surface area contributed by atoms with Crippen molar-refractivity contribution < 1.29 is 14.3 Å². The van der Waals surface area contributed by atoms with Crippen molar-refractivity contribution >= 4 is 23.6 Å². The van der Waals surface area contributed by atoms with Crippen LogP contribution in [0, 0.1) is 0 Å². The molecule has 1 atom stereocenters. The fourth-order valence-electron chi connectivity index (χ4n) is 2.74. The number of amides is 2. The number of hydrogen-bond donors (Lipinski definition) is 1. The largest absolute Gasteiger partial charge is 0.444 e. The highest BCUT2D eigenvalue weighted by Crippen LogP contribution is 2.25. The molecule has 3 rings (SSSR count). The lowest BCUT2D eigenvalue weighted by Gasteiger charge is -2.35. The average Bonchev–Trinajstić information content (AvgIpc) is 3.02. The Balaban J connectivity index is 1.89. The second-order valence-electron chi connectivity index (χ2n) is 7.05. The van der Waals surface area contributed by atoms with Gasteiger partial charge in [0.2, 0.25) is 5.91 Å². The van der Waals surface area contributed by atoms with E-state index in [2.05, 4.69) is 10.3 Å². The number of nitrogens with zero attached hydrogens (tertiary/aromatic N) is 3. The van der Waals surface area contributed by atoms with Crippen molar-refractivity contribution in [2.45, 2.75) is 32.4 Å². The molecule has 26 heavy (non-hydrogen) atoms. The molecule has 138 valence electrons. The lowest BCUT2D eigenvalue weighted by molar-refractivity contribution is -0.129. The molecule has 0 aliphatic carbocycles. The molecule has 7 nitrogen and oxygen atoms in total. The second kappa shape index (κ2) is 6.99. The van der Waals surface area contributed by atoms with Crippen LogP contribution in [0.2, 0.25) is 5.02 Å². The van der Waals surface area contributed by atoms with E-state index in [9.17, 15) is 9.59 Å². The van der Waals surface area contributed by atoms with Crippen molar-refractivity contribution in [3.8, 4) is 5.69 Å². The Morgan fingerprint density at radius 2 is 2.15 bits per heavy atom. The van der Waals surface area contributed by atoms with E-state index in [0.29, 0.717) is 23.8 Å². The van der Waals surface area contributed by atoms with Gasteiger partial charge in [0.05, 0.1) is 12.0 Å². The Labute approximate surface area is 156 Å². The van der Waals surface area contributed by atoms with Crippen LogP contribution < -0.4 is 5.32 Å². The van der Waals surface area contributed by atoms with Gasteiger partial charge in [0.15, 0.2) is 6.04 Å². The minimum atomic E-state index is -0.834. The summed E-state index contributed by atoms with van der Waals surface area (Å²) in [6.45, 7) is 6.10. The maximum atomic E-state index is 12.5. The van der Waals surface area contributed by atoms with E-state index in [4.69, 9.17) is 16.3 Å². The Morgan fingerprint density at radius 1 is 1.38 bits per heavy atom. The quantitative estimate of drug-likeness (QED) is 0.874. The van der Waals surface area contributed by atoms with E-state index < -0.39 is 17.7 Å². The van der Waals surface area contributed by atoms with Gasteiger partial charge in [-0.1, -0.05) is 17.7 Å². The molecular formula is C18H21ClN4O3. The van der Waals surface area contributed by atoms with Crippen molar-refractivity contribution in [2.75, 3.05) is 13.1 Å². The number of ether oxygens (including phenoxy) is 1. The highest BCUT2D eigenvalue weighted by molar-refractivity contribution is 6.30. The van der Waals surface area contributed by atoms with E-state index in [0.717, 1.165) is 5.69 Å². The summed E-state index contributed by atoms with van der Waals surface area (Å²) in [7, 11) is 0. The molecule has 0 spiro atoms. The molecular weight excluding hydrogens is 356 g/mol. The molecule has 0 saturated carbocycles. The Kier molecular flexibility index (Phi) is 4.91. The van der Waals surface area contributed by atoms with E-state index in [-0.39, 0.29) is 5.91 Å². The molecule has 1 saturated heterocycles. The average molecular weight is 377 g/mol. The van der Waals surface area contributed by atoms with Crippen LogP contribution in [0.25, 0.3) is 5.69 Å². The topological polar surface area (TPSA) is 76.5 Å². The van der Waals surface area contributed by atoms with Crippen molar-refractivity contribution in [1.29, 1.82) is 0 Å². The number of carbonyl (C=O) groups is 2. The lowest BCUT2D eigenvalue weighted by Crippen LogP contribution is -2.53. The predicted octanol–water partition coefficient (Wildman–Crippen LogP) is 2.93. The van der Waals surface area contributed by atoms with Gasteiger partial charge in [0, 0.05) is 30.0 Å². The van der Waals surface area contributed by atoms with Crippen LogP contribution in [0.5, 0.6) is 0 Å². The number of hydrogen-bond acceptors (Lipinski definition) is 4. The number of halogens is 1. The highest BCUT2D eigenvalue weighted by Gasteiger charge is 2.38. The van der Waals surface area contributed by atoms with E-state index in [1.165, 1.54) is 4.90 Å². The van der Waals surface area contributed by atoms with E-state index in [1.54, 1.807) is 50.0 Å². The highest BCUT2D eigenvalue weighted by atomic mass is 35.5. The van der Waals surface area contributed by atoms with Gasteiger partial charge in [-0.25, -0.2) is 9.78 Å². The second-order valence-corrected chi connectivity index (χ2v) is 7.49. The maximum absolute atomic E-state index is 12.5. The molecule has 1 aromatic carbocycles. The third-order valence-electron chi connectivity index (χ3n) is 3.83. The molecule has 0 radical (unpaired) electrons. The summed E-state index contributed by atoms with van der Waals surface area (Å²) in [5.74, 6) is -0.279. The number of benzene rings is 1. The third-order valence-corrected chi connectivity index (χ3v) is 4.06. The summed E-state index contributed by atoms with van der Waals surface area (Å²) in [4.78, 5) is 30.7. The van der Waals surface area contributed by atoms with Crippen molar-refractivity contribution in [1.82, 2.24) is 19.8 Å². The Bertz CT molecular complexity index is 828. The van der Waals surface area contributed by atoms with Crippen LogP contribution in [0.15, 0.2) is 36.8 Å². The van der Waals surface area contributed by atoms with Gasteiger partial charge < -0.3 is 14.6 Å². The molecule has 1 N–H and O–H groups in total. The zero-order valence-corrected chi connectivity index (χ0v) is 15.7. The zero-order valence-electron chi connectivity index (χ0n) is 14.9. The first kappa shape index (κ1) is 18.3. The van der Waals surface area contributed by atoms with Gasteiger partial charge >= 0.3 is 6.09 Å². The third kappa shape index (κ3) is 3.99. The molecule has 1 aromatic heterocycles. The molecule has 1 aliphatic rings. The van der Waals surface area contributed by atoms with Crippen molar-refractivity contribution in [3.63, 3.8) is 0 Å². The minimum Gasteiger partial charge on any atom is -0.444 e. The van der Waals surface area contributed by atoms with Crippen LogP contribution in [0.4, 0.5) is 4.79 Å². The van der Waals surface area contributed by atoms with Crippen molar-refractivity contribution in [2.24, 2.45) is 0 Å². The number of rotatable bonds is 2. The lowest BCUT2D eigenvalue weighted by atomic mass is 10.1. The SMILES string of the molecule is CC(C)(C)OC(=O)N1CCNC(=O)C1c1cn(-c2cccc(Cl)c2)cn1. The number of aromatic nitrogens is 2. The van der Waals surface area contributed by atoms with Crippen LogP contribution in [0.3, 0.4) is 0 Å². The normalized spacial score (nSPS) is 17.8. The molecule has 1 fully saturated rings. The smallest absolute Gasteiger partial charge is 0.411 e. The predicted molar refractivity (Wildman–Crippen MR) is 97.3 cm³/mol. The van der Waals surface area contributed by atoms with Gasteiger partial charge in [-0.05, 0) is 39.0 Å². The first-order chi connectivity index (χ1) is 12.2. The van der Waals surface area contributed by atoms with Crippen molar-refractivity contribution in [3.05, 3.63) is 47.5 Å². The monoisotopic (exact) mass is 376 g/mol. The van der Waals surface area contributed by atoms with Crippen LogP contribution in [-0.2, 0) is 9.53 Å². The summed E-state index contributed by atoms with van der Waals surface area (Å²) in [5.41, 5.74) is 0.639. The van der Waals surface area contributed by atoms with Gasteiger partial charge in [0.1, 0.15) is 5.60 Å². The summed E-state index contributed by atoms with van der Waals surface area (Å²) in [6, 6.07) is 6.45. The van der Waals surface area contributed by atoms with Gasteiger partial charge in [-0.15, -0.1) is 0 Å². The van der Waals surface area contributed by atoms with Crippen LogP contribution in [-0.4, -0.2) is 45.1 Å². The first-order valence-electron chi connectivity index (χ1n) is 8.32. The summed E-state index contributed by atoms with van der Waals surface area (Å²) >= 11 is 6.03. The Morgan fingerprint density at radius 3 is 2.85 bits per heavy atom. The molecule has 2 amide bonds. The molecule has 2 aromatic rings. The summed E-state index contributed by atoms with van der Waals surface area (Å²) in [5, 5.41) is 3.38. The fraction of sp³-hybridized carbons (Fsp3) is 0.389. The number of piperazine rings is 1. The standard InChI is InChI=1S/C18H21ClN4O3/c1-18(2,3)26-17(25)23-8-7-20-16(24)15(23)14-10-22(11-21-14)13-6-4-5-12(19)9-13/h4-6,9-11,15H,7-8H2,1-3H3,(H,20,24). The van der Waals surface area contributed by atoms with E-state index >= 15 is 0 Å². The summed E-state index contributed by atoms with van der Waals surface area (Å²) in [6.07, 6.45) is 2.78. The number of imidazole rings is 1. The molecule has 1 aliphatic heterocycles. The van der Waals surface area contributed by atoms with Gasteiger partial charge in [-0.2, -0.15) is 0 Å². The number of carbonyl (C=O) groups excluding carboxylic acids is 2. The minimum absolute atomic E-state index is 0.279. The van der Waals surface area contributed by atoms with E-state index in [1.807, 2.05) is 12.1 Å². The summed E-state index contributed by atoms with van der Waals surface area (Å²) < 4.78 is 7.20. The van der Waals surface area contributed by atoms with Crippen LogP contribution >= 0.6 is 11.6 Å². The number of nitrogens with one attached hydrogen (secondary N) is 1. The first-order valence-corrected chi connectivity index (χ1v) is 8.69. The van der Waals surface area contributed by atoms with Gasteiger partial charge in [-0.3, -0.25) is 9.69 Å². The zero-order chi connectivity index (χ0) is 18.9. The molecule has 1 unspecified atom stereocenters. The maximum Gasteiger partial charge on any atom is 0.411 e. The Hall–Kier alpha value is -2.54. The fourth-order valence-corrected chi connectivity index (χ4v) is 2.92. The molecule has 0 bridgehead atoms. The van der Waals surface area contributed by atoms with Crippen LogP contribution in [0.1, 0.15) is 32.5 Å².